The molecule has 0 spiro atoms. The molecule has 0 radical (unpaired) electrons. The van der Waals surface area contributed by atoms with E-state index in [0.29, 0.717) is 0 Å². The van der Waals surface area contributed by atoms with E-state index in [4.69, 9.17) is 4.74 Å². The first-order valence-electron chi connectivity index (χ1n) is 5.96. The molecule has 4 unspecified atom stereocenters. The number of carbonyl (C=O) groups is 1. The zero-order valence-electron chi connectivity index (χ0n) is 10.3. The Labute approximate surface area is 101 Å². The van der Waals surface area contributed by atoms with E-state index in [0.717, 1.165) is 0 Å². The Balaban J connectivity index is 2.30. The highest BCUT2D eigenvalue weighted by Crippen LogP contribution is 2.34. The Morgan fingerprint density at radius 3 is 2.35 bits per heavy atom. The molecule has 92 valence electrons. The number of rotatable bonds is 2. The SMILES string of the molecule is CC1OC(C)C(C(=O)c2ccccc2F)C1C. The maximum atomic E-state index is 13.6. The highest BCUT2D eigenvalue weighted by Gasteiger charge is 2.42. The van der Waals surface area contributed by atoms with E-state index in [2.05, 4.69) is 0 Å². The lowest BCUT2D eigenvalue weighted by Gasteiger charge is -2.17. The molecule has 0 bridgehead atoms. The molecule has 17 heavy (non-hydrogen) atoms. The van der Waals surface area contributed by atoms with Gasteiger partial charge in [-0.1, -0.05) is 19.1 Å². The van der Waals surface area contributed by atoms with Crippen molar-refractivity contribution < 1.29 is 13.9 Å². The third kappa shape index (κ3) is 2.12. The highest BCUT2D eigenvalue weighted by molar-refractivity contribution is 5.98. The van der Waals surface area contributed by atoms with E-state index >= 15 is 0 Å². The molecule has 2 rings (SSSR count). The van der Waals surface area contributed by atoms with E-state index in [1.54, 1.807) is 18.2 Å². The summed E-state index contributed by atoms with van der Waals surface area (Å²) >= 11 is 0. The summed E-state index contributed by atoms with van der Waals surface area (Å²) in [5.74, 6) is -0.720. The van der Waals surface area contributed by atoms with Crippen molar-refractivity contribution in [3.05, 3.63) is 35.6 Å². The van der Waals surface area contributed by atoms with Gasteiger partial charge in [0.05, 0.1) is 23.7 Å². The van der Waals surface area contributed by atoms with Crippen molar-refractivity contribution in [2.24, 2.45) is 11.8 Å². The fourth-order valence-electron chi connectivity index (χ4n) is 2.56. The molecular weight excluding hydrogens is 219 g/mol. The molecule has 4 atom stereocenters. The lowest BCUT2D eigenvalue weighted by atomic mass is 9.83. The molecule has 0 saturated carbocycles. The maximum Gasteiger partial charge on any atom is 0.171 e. The second-order valence-corrected chi connectivity index (χ2v) is 4.78. The Hall–Kier alpha value is -1.22. The lowest BCUT2D eigenvalue weighted by molar-refractivity contribution is 0.0490. The monoisotopic (exact) mass is 236 g/mol. The quantitative estimate of drug-likeness (QED) is 0.738. The van der Waals surface area contributed by atoms with Crippen molar-refractivity contribution in [2.75, 3.05) is 0 Å². The minimum absolute atomic E-state index is 0.0470. The first kappa shape index (κ1) is 12.2. The van der Waals surface area contributed by atoms with Crippen molar-refractivity contribution in [1.29, 1.82) is 0 Å². The number of ether oxygens (including phenoxy) is 1. The van der Waals surface area contributed by atoms with Crippen LogP contribution < -0.4 is 0 Å². The average molecular weight is 236 g/mol. The van der Waals surface area contributed by atoms with Crippen LogP contribution >= 0.6 is 0 Å². The van der Waals surface area contributed by atoms with Crippen molar-refractivity contribution in [2.45, 2.75) is 33.0 Å². The van der Waals surface area contributed by atoms with Gasteiger partial charge in [-0.05, 0) is 31.9 Å². The largest absolute Gasteiger partial charge is 0.374 e. The van der Waals surface area contributed by atoms with E-state index in [-0.39, 0.29) is 35.4 Å². The fourth-order valence-corrected chi connectivity index (χ4v) is 2.56. The number of halogens is 1. The van der Waals surface area contributed by atoms with Crippen LogP contribution in [0.2, 0.25) is 0 Å². The Kier molecular flexibility index (Phi) is 3.29. The molecule has 1 aliphatic rings. The average Bonchev–Trinajstić information content (AvgIpc) is 2.53. The number of carbonyl (C=O) groups excluding carboxylic acids is 1. The normalized spacial score (nSPS) is 32.7. The summed E-state index contributed by atoms with van der Waals surface area (Å²) in [6, 6.07) is 6.14. The third-order valence-corrected chi connectivity index (χ3v) is 3.68. The smallest absolute Gasteiger partial charge is 0.171 e. The third-order valence-electron chi connectivity index (χ3n) is 3.68. The molecule has 0 N–H and O–H groups in total. The van der Waals surface area contributed by atoms with Crippen LogP contribution in [0.3, 0.4) is 0 Å². The number of benzene rings is 1. The molecule has 1 heterocycles. The zero-order valence-corrected chi connectivity index (χ0v) is 10.3. The Bertz CT molecular complexity index is 430. The molecule has 2 nitrogen and oxygen atoms in total. The molecule has 3 heteroatoms. The summed E-state index contributed by atoms with van der Waals surface area (Å²) in [6.07, 6.45) is -0.0992. The van der Waals surface area contributed by atoms with Gasteiger partial charge in [0, 0.05) is 0 Å². The van der Waals surface area contributed by atoms with Crippen molar-refractivity contribution in [1.82, 2.24) is 0 Å². The van der Waals surface area contributed by atoms with Gasteiger partial charge in [0.25, 0.3) is 0 Å². The zero-order chi connectivity index (χ0) is 12.6. The molecular formula is C14H17FO2. The van der Waals surface area contributed by atoms with Crippen LogP contribution in [-0.4, -0.2) is 18.0 Å². The van der Waals surface area contributed by atoms with Crippen LogP contribution in [0.4, 0.5) is 4.39 Å². The van der Waals surface area contributed by atoms with Crippen LogP contribution in [-0.2, 0) is 4.74 Å². The van der Waals surface area contributed by atoms with E-state index in [9.17, 15) is 9.18 Å². The van der Waals surface area contributed by atoms with Crippen LogP contribution in [0.25, 0.3) is 0 Å². The van der Waals surface area contributed by atoms with E-state index < -0.39 is 5.82 Å². The summed E-state index contributed by atoms with van der Waals surface area (Å²) in [6.45, 7) is 5.82. The van der Waals surface area contributed by atoms with E-state index in [1.807, 2.05) is 20.8 Å². The Morgan fingerprint density at radius 2 is 1.82 bits per heavy atom. The highest BCUT2D eigenvalue weighted by atomic mass is 19.1. The first-order chi connectivity index (χ1) is 8.02. The van der Waals surface area contributed by atoms with Gasteiger partial charge >= 0.3 is 0 Å². The lowest BCUT2D eigenvalue weighted by Crippen LogP contribution is -2.27. The summed E-state index contributed by atoms with van der Waals surface area (Å²) < 4.78 is 19.2. The van der Waals surface area contributed by atoms with E-state index in [1.165, 1.54) is 6.07 Å². The standard InChI is InChI=1S/C14H17FO2/c1-8-9(2)17-10(3)13(8)14(16)11-6-4-5-7-12(11)15/h4-10,13H,1-3H3. The van der Waals surface area contributed by atoms with Gasteiger partial charge in [-0.25, -0.2) is 4.39 Å². The summed E-state index contributed by atoms with van der Waals surface area (Å²) in [5.41, 5.74) is 0.175. The molecule has 0 aromatic heterocycles. The van der Waals surface area contributed by atoms with Crippen LogP contribution in [0.5, 0.6) is 0 Å². The van der Waals surface area contributed by atoms with Gasteiger partial charge in [0.1, 0.15) is 5.82 Å². The van der Waals surface area contributed by atoms with Crippen LogP contribution in [0.15, 0.2) is 24.3 Å². The molecule has 1 aromatic rings. The molecule has 0 amide bonds. The number of ketones is 1. The maximum absolute atomic E-state index is 13.6. The topological polar surface area (TPSA) is 26.3 Å². The minimum atomic E-state index is -0.448. The van der Waals surface area contributed by atoms with Gasteiger partial charge in [0.2, 0.25) is 0 Å². The van der Waals surface area contributed by atoms with Gasteiger partial charge in [-0.15, -0.1) is 0 Å². The predicted molar refractivity (Wildman–Crippen MR) is 63.4 cm³/mol. The molecule has 1 aliphatic heterocycles. The van der Waals surface area contributed by atoms with Crippen molar-refractivity contribution in [3.63, 3.8) is 0 Å². The summed E-state index contributed by atoms with van der Waals surface area (Å²) in [5, 5.41) is 0. The van der Waals surface area contributed by atoms with Crippen molar-refractivity contribution >= 4 is 5.78 Å². The van der Waals surface area contributed by atoms with Gasteiger partial charge in [-0.3, -0.25) is 4.79 Å². The predicted octanol–water partition coefficient (Wildman–Crippen LogP) is 3.07. The molecule has 1 aromatic carbocycles. The molecule has 1 fully saturated rings. The molecule has 1 saturated heterocycles. The first-order valence-corrected chi connectivity index (χ1v) is 5.96. The number of hydrogen-bond donors (Lipinski definition) is 0. The van der Waals surface area contributed by atoms with Crippen LogP contribution in [0, 0.1) is 17.7 Å². The van der Waals surface area contributed by atoms with Gasteiger partial charge in [0.15, 0.2) is 5.78 Å². The summed E-state index contributed by atoms with van der Waals surface area (Å²) in [4.78, 5) is 12.3. The minimum Gasteiger partial charge on any atom is -0.374 e. The van der Waals surface area contributed by atoms with Crippen molar-refractivity contribution in [3.8, 4) is 0 Å². The van der Waals surface area contributed by atoms with Crippen LogP contribution in [0.1, 0.15) is 31.1 Å². The Morgan fingerprint density at radius 1 is 1.18 bits per heavy atom. The second-order valence-electron chi connectivity index (χ2n) is 4.78. The second kappa shape index (κ2) is 4.57. The van der Waals surface area contributed by atoms with Gasteiger partial charge < -0.3 is 4.74 Å². The fraction of sp³-hybridized carbons (Fsp3) is 0.500. The summed E-state index contributed by atoms with van der Waals surface area (Å²) in [7, 11) is 0. The molecule has 0 aliphatic carbocycles. The van der Waals surface area contributed by atoms with Gasteiger partial charge in [-0.2, -0.15) is 0 Å². The number of hydrogen-bond acceptors (Lipinski definition) is 2. The number of Topliss-reactive ketones (excluding diaryl/α,β-unsaturated/α-hetero) is 1.